The van der Waals surface area contributed by atoms with E-state index in [0.29, 0.717) is 0 Å². The zero-order valence-electron chi connectivity index (χ0n) is 10.2. The van der Waals surface area contributed by atoms with Crippen LogP contribution in [-0.2, 0) is 6.54 Å². The Hall–Kier alpha value is -1.94. The van der Waals surface area contributed by atoms with Gasteiger partial charge in [0.15, 0.2) is 0 Å². The summed E-state index contributed by atoms with van der Waals surface area (Å²) in [5.41, 5.74) is 3.36. The van der Waals surface area contributed by atoms with Crippen LogP contribution in [0.25, 0.3) is 11.3 Å². The van der Waals surface area contributed by atoms with Crippen LogP contribution in [0.4, 0.5) is 0 Å². The number of hydrogen-bond acceptors (Lipinski definition) is 2. The minimum absolute atomic E-state index is 0.720. The van der Waals surface area contributed by atoms with Crippen molar-refractivity contribution in [1.29, 1.82) is 0 Å². The summed E-state index contributed by atoms with van der Waals surface area (Å²) < 4.78 is 3.00. The van der Waals surface area contributed by atoms with E-state index in [-0.39, 0.29) is 0 Å². The van der Waals surface area contributed by atoms with E-state index in [9.17, 15) is 0 Å². The van der Waals surface area contributed by atoms with Crippen molar-refractivity contribution in [2.75, 3.05) is 0 Å². The Morgan fingerprint density at radius 2 is 1.68 bits per heavy atom. The average molecular weight is 314 g/mol. The molecule has 3 nitrogen and oxygen atoms in total. The molecular formula is C15H12BrN3. The molecule has 2 aromatic carbocycles. The smallest absolute Gasteiger partial charge is 0.0889 e. The molecule has 0 spiro atoms. The number of hydrogen-bond donors (Lipinski definition) is 0. The van der Waals surface area contributed by atoms with Crippen molar-refractivity contribution in [2.45, 2.75) is 6.54 Å². The van der Waals surface area contributed by atoms with Crippen molar-refractivity contribution in [2.24, 2.45) is 0 Å². The lowest BCUT2D eigenvalue weighted by Crippen LogP contribution is -2.03. The number of rotatable bonds is 3. The molecule has 0 aliphatic carbocycles. The predicted molar refractivity (Wildman–Crippen MR) is 78.7 cm³/mol. The van der Waals surface area contributed by atoms with Crippen LogP contribution in [0, 0.1) is 0 Å². The highest BCUT2D eigenvalue weighted by Gasteiger charge is 2.06. The van der Waals surface area contributed by atoms with Gasteiger partial charge in [0.1, 0.15) is 0 Å². The van der Waals surface area contributed by atoms with E-state index >= 15 is 0 Å². The van der Waals surface area contributed by atoms with Crippen LogP contribution in [0.1, 0.15) is 5.56 Å². The van der Waals surface area contributed by atoms with Gasteiger partial charge in [-0.25, -0.2) is 4.68 Å². The van der Waals surface area contributed by atoms with Crippen molar-refractivity contribution in [3.05, 3.63) is 70.8 Å². The third kappa shape index (κ3) is 2.74. The molecular weight excluding hydrogens is 302 g/mol. The first-order valence-corrected chi connectivity index (χ1v) is 6.80. The molecule has 0 bridgehead atoms. The Morgan fingerprint density at radius 3 is 2.42 bits per heavy atom. The van der Waals surface area contributed by atoms with E-state index in [4.69, 9.17) is 0 Å². The van der Waals surface area contributed by atoms with Crippen LogP contribution in [0.2, 0.25) is 0 Å². The maximum Gasteiger partial charge on any atom is 0.0889 e. The summed E-state index contributed by atoms with van der Waals surface area (Å²) in [5, 5.41) is 8.18. The van der Waals surface area contributed by atoms with E-state index in [2.05, 4.69) is 50.5 Å². The number of aromatic nitrogens is 3. The summed E-state index contributed by atoms with van der Waals surface area (Å²) in [6, 6.07) is 18.4. The van der Waals surface area contributed by atoms with Gasteiger partial charge in [-0.3, -0.25) is 0 Å². The van der Waals surface area contributed by atoms with Crippen LogP contribution < -0.4 is 0 Å². The molecule has 3 aromatic rings. The SMILES string of the molecule is Brc1ccc(Cn2nncc2-c2ccccc2)cc1. The van der Waals surface area contributed by atoms with Crippen molar-refractivity contribution >= 4 is 15.9 Å². The second-order valence-corrected chi connectivity index (χ2v) is 5.19. The summed E-state index contributed by atoms with van der Waals surface area (Å²) in [4.78, 5) is 0. The second kappa shape index (κ2) is 5.36. The molecule has 0 radical (unpaired) electrons. The van der Waals surface area contributed by atoms with Gasteiger partial charge in [-0.05, 0) is 17.7 Å². The summed E-state index contributed by atoms with van der Waals surface area (Å²) in [6.45, 7) is 0.720. The normalized spacial score (nSPS) is 10.6. The highest BCUT2D eigenvalue weighted by Crippen LogP contribution is 2.19. The first kappa shape index (κ1) is 12.1. The van der Waals surface area contributed by atoms with Gasteiger partial charge >= 0.3 is 0 Å². The Bertz CT molecular complexity index is 659. The van der Waals surface area contributed by atoms with Gasteiger partial charge in [-0.15, -0.1) is 5.10 Å². The lowest BCUT2D eigenvalue weighted by atomic mass is 10.1. The summed E-state index contributed by atoms with van der Waals surface area (Å²) in [5.74, 6) is 0. The molecule has 0 saturated heterocycles. The lowest BCUT2D eigenvalue weighted by molar-refractivity contribution is 0.655. The molecule has 3 rings (SSSR count). The van der Waals surface area contributed by atoms with Gasteiger partial charge in [0.25, 0.3) is 0 Å². The highest BCUT2D eigenvalue weighted by atomic mass is 79.9. The van der Waals surface area contributed by atoms with Crippen LogP contribution >= 0.6 is 15.9 Å². The second-order valence-electron chi connectivity index (χ2n) is 4.27. The zero-order valence-corrected chi connectivity index (χ0v) is 11.8. The van der Waals surface area contributed by atoms with Crippen LogP contribution in [0.3, 0.4) is 0 Å². The fourth-order valence-corrected chi connectivity index (χ4v) is 2.23. The third-order valence-electron chi connectivity index (χ3n) is 2.93. The van der Waals surface area contributed by atoms with E-state index < -0.39 is 0 Å². The Balaban J connectivity index is 1.91. The molecule has 0 atom stereocenters. The topological polar surface area (TPSA) is 30.7 Å². The van der Waals surface area contributed by atoms with E-state index in [1.54, 1.807) is 6.20 Å². The monoisotopic (exact) mass is 313 g/mol. The molecule has 19 heavy (non-hydrogen) atoms. The molecule has 94 valence electrons. The Morgan fingerprint density at radius 1 is 0.947 bits per heavy atom. The lowest BCUT2D eigenvalue weighted by Gasteiger charge is -2.06. The molecule has 0 amide bonds. The fraction of sp³-hybridized carbons (Fsp3) is 0.0667. The van der Waals surface area contributed by atoms with Gasteiger partial charge in [-0.1, -0.05) is 63.6 Å². The minimum atomic E-state index is 0.720. The van der Waals surface area contributed by atoms with Crippen LogP contribution in [0.15, 0.2) is 65.3 Å². The molecule has 4 heteroatoms. The number of halogens is 1. The summed E-state index contributed by atoms with van der Waals surface area (Å²) in [6.07, 6.45) is 1.80. The van der Waals surface area contributed by atoms with Crippen molar-refractivity contribution in [1.82, 2.24) is 15.0 Å². The molecule has 0 saturated carbocycles. The van der Waals surface area contributed by atoms with Gasteiger partial charge in [0.2, 0.25) is 0 Å². The Kier molecular flexibility index (Phi) is 3.42. The molecule has 1 aromatic heterocycles. The van der Waals surface area contributed by atoms with Crippen molar-refractivity contribution in [3.8, 4) is 11.3 Å². The standard InChI is InChI=1S/C15H12BrN3/c16-14-8-6-12(7-9-14)11-19-15(10-17-18-19)13-4-2-1-3-5-13/h1-10H,11H2. The molecule has 0 aliphatic rings. The molecule has 0 fully saturated rings. The largest absolute Gasteiger partial charge is 0.240 e. The van der Waals surface area contributed by atoms with Crippen molar-refractivity contribution in [3.63, 3.8) is 0 Å². The Labute approximate surface area is 120 Å². The average Bonchev–Trinajstić information content (AvgIpc) is 2.90. The maximum absolute atomic E-state index is 4.17. The van der Waals surface area contributed by atoms with E-state index in [1.165, 1.54) is 5.56 Å². The molecule has 1 heterocycles. The highest BCUT2D eigenvalue weighted by molar-refractivity contribution is 9.10. The van der Waals surface area contributed by atoms with Crippen LogP contribution in [0.5, 0.6) is 0 Å². The molecule has 0 unspecified atom stereocenters. The third-order valence-corrected chi connectivity index (χ3v) is 3.46. The number of benzene rings is 2. The summed E-state index contributed by atoms with van der Waals surface area (Å²) >= 11 is 3.44. The van der Waals surface area contributed by atoms with Crippen LogP contribution in [-0.4, -0.2) is 15.0 Å². The van der Waals surface area contributed by atoms with Gasteiger partial charge in [0, 0.05) is 10.0 Å². The van der Waals surface area contributed by atoms with E-state index in [1.807, 2.05) is 35.0 Å². The van der Waals surface area contributed by atoms with Gasteiger partial charge in [-0.2, -0.15) is 0 Å². The summed E-state index contributed by atoms with van der Waals surface area (Å²) in [7, 11) is 0. The zero-order chi connectivity index (χ0) is 13.1. The first-order chi connectivity index (χ1) is 9.33. The molecule has 0 aliphatic heterocycles. The van der Waals surface area contributed by atoms with Crippen molar-refractivity contribution < 1.29 is 0 Å². The quantitative estimate of drug-likeness (QED) is 0.737. The maximum atomic E-state index is 4.17. The first-order valence-electron chi connectivity index (χ1n) is 6.01. The number of nitrogens with zero attached hydrogens (tertiary/aromatic N) is 3. The molecule has 0 N–H and O–H groups in total. The van der Waals surface area contributed by atoms with Gasteiger partial charge < -0.3 is 0 Å². The predicted octanol–water partition coefficient (Wildman–Crippen LogP) is 3.76. The van der Waals surface area contributed by atoms with Gasteiger partial charge in [0.05, 0.1) is 18.4 Å². The van der Waals surface area contributed by atoms with E-state index in [0.717, 1.165) is 22.3 Å². The minimum Gasteiger partial charge on any atom is -0.240 e. The fourth-order valence-electron chi connectivity index (χ4n) is 1.97.